The van der Waals surface area contributed by atoms with Crippen LogP contribution in [0.4, 0.5) is 0 Å². The molecule has 0 aromatic heterocycles. The lowest BCUT2D eigenvalue weighted by Crippen LogP contribution is -2.67. The van der Waals surface area contributed by atoms with Gasteiger partial charge in [0.05, 0.1) is 35.1 Å². The Morgan fingerprint density at radius 2 is 0.703 bits per heavy atom. The number of allylic oxidation sites excluding steroid dienone is 6. The number of hydrogen-bond acceptors (Lipinski definition) is 10. The van der Waals surface area contributed by atoms with Crippen molar-refractivity contribution >= 4 is 40.3 Å². The molecule has 0 spiro atoms. The van der Waals surface area contributed by atoms with Crippen molar-refractivity contribution in [2.24, 2.45) is 121 Å². The molecular weight excluding hydrogens is 1230 g/mol. The van der Waals surface area contributed by atoms with Crippen LogP contribution in [-0.4, -0.2) is 112 Å². The fourth-order valence-electron chi connectivity index (χ4n) is 22.5. The summed E-state index contributed by atoms with van der Waals surface area (Å²) < 4.78 is 0. The lowest BCUT2D eigenvalue weighted by Gasteiger charge is -2.65. The van der Waals surface area contributed by atoms with E-state index in [4.69, 9.17) is 10.2 Å². The first-order valence-corrected chi connectivity index (χ1v) is 40.4. The first-order chi connectivity index (χ1) is 42.4. The van der Waals surface area contributed by atoms with Crippen LogP contribution in [0, 0.1) is 121 Å². The molecule has 14 bridgehead atoms. The molecule has 20 atom stereocenters. The Hall–Kier alpha value is -0.180. The van der Waals surface area contributed by atoms with Crippen molar-refractivity contribution in [3.8, 4) is 0 Å². The van der Waals surface area contributed by atoms with Gasteiger partial charge in [0.2, 0.25) is 0 Å². The minimum atomic E-state index is -0.875. The van der Waals surface area contributed by atoms with E-state index in [1.807, 2.05) is 6.26 Å². The summed E-state index contributed by atoms with van der Waals surface area (Å²) in [4.78, 5) is 0. The predicted octanol–water partition coefficient (Wildman–Crippen LogP) is 17.6. The third-order valence-electron chi connectivity index (χ3n) is 30.4. The molecule has 13 fully saturated rings. The second-order valence-electron chi connectivity index (χ2n) is 36.5. The lowest BCUT2D eigenvalue weighted by atomic mass is 9.43. The Kier molecular flexibility index (Phi) is 24.6. The van der Waals surface area contributed by atoms with E-state index < -0.39 is 35.1 Å². The van der Waals surface area contributed by atoms with Gasteiger partial charge in [0, 0.05) is 18.5 Å². The minimum absolute atomic E-state index is 0.205. The molecule has 0 aromatic carbocycles. The van der Waals surface area contributed by atoms with Gasteiger partial charge in [0.15, 0.2) is 0 Å². The standard InChI is InChI=1S/C12H22O2S.C12H22O2.C12H20.C11H17Br.C11H20O2S.2C11H18O/c1-11(2)8-6-9(11)12(14,4-5-15-3)10(13)7-8;1-4-5-12(14)9-6-8(7-10(12)13)11(9,2)3;1-4-5-9-6-7-10-8-11(9)12(10,2)3;1-11(2)9-4-3-8(5-6-12)10(11)7-9;1-10(2)7-5-8(10)11(13,3-4-14)9(12)6-7;2*1-11(2)9-4-3-8(5-6-12)10(11)7-9/h8-10,13-14H,4-7H2,1-3H3;8-10,13-14H,4-7H2,1-3H3;6,10-11H,4-5,7-8H2,1-3H3;3,9-10H,4-7H2,1-2H3;7-9,12-14H,3-6H2,1-2H3;2*3,9-10,12H,4-7H2,1-2H3/t2*8?,9?,10?,12-;;;7?,8?,9?,11-;;/m11..1../s1. The first-order valence-electron chi connectivity index (χ1n) is 37.3. The summed E-state index contributed by atoms with van der Waals surface area (Å²) in [6, 6.07) is 0. The molecule has 17 unspecified atom stereocenters. The van der Waals surface area contributed by atoms with Crippen LogP contribution in [-0.2, 0) is 0 Å². The van der Waals surface area contributed by atoms with Gasteiger partial charge in [0.25, 0.3) is 0 Å². The zero-order valence-corrected chi connectivity index (χ0v) is 64.0. The third kappa shape index (κ3) is 14.2. The lowest BCUT2D eigenvalue weighted by molar-refractivity contribution is -0.255. The summed E-state index contributed by atoms with van der Waals surface area (Å²) in [5, 5.41) is 80.4. The van der Waals surface area contributed by atoms with Gasteiger partial charge in [-0.15, -0.1) is 0 Å². The second-order valence-corrected chi connectivity index (χ2v) is 38.8. The largest absolute Gasteiger partial charge is 0.396 e. The molecule has 91 heavy (non-hydrogen) atoms. The van der Waals surface area contributed by atoms with Crippen LogP contribution in [0.3, 0.4) is 0 Å². The third-order valence-corrected chi connectivity index (χ3v) is 31.6. The molecule has 524 valence electrons. The molecule has 13 saturated carbocycles. The number of rotatable bonds is 15. The van der Waals surface area contributed by atoms with E-state index in [9.17, 15) is 30.6 Å². The summed E-state index contributed by atoms with van der Waals surface area (Å²) in [6.45, 7) is 37.6. The van der Waals surface area contributed by atoms with Crippen LogP contribution in [0.25, 0.3) is 0 Å². The number of thioether (sulfide) groups is 1. The molecular formula is C80H137BrO8S2. The van der Waals surface area contributed by atoms with Crippen LogP contribution in [0.5, 0.6) is 0 Å². The zero-order chi connectivity index (χ0) is 67.5. The van der Waals surface area contributed by atoms with E-state index in [0.717, 1.165) is 129 Å². The zero-order valence-electron chi connectivity index (χ0n) is 60.7. The van der Waals surface area contributed by atoms with Crippen LogP contribution in [0.1, 0.15) is 258 Å². The van der Waals surface area contributed by atoms with Gasteiger partial charge in [-0.05, 0) is 273 Å². The topological polar surface area (TPSA) is 162 Å². The second kappa shape index (κ2) is 29.2. The normalized spacial score (nSPS) is 42.7. The highest BCUT2D eigenvalue weighted by atomic mass is 79.9. The molecule has 21 aliphatic carbocycles. The Labute approximate surface area is 574 Å². The molecule has 0 amide bonds. The maximum Gasteiger partial charge on any atom is 0.0946 e. The van der Waals surface area contributed by atoms with Crippen molar-refractivity contribution in [2.45, 2.75) is 294 Å². The Balaban J connectivity index is 0.000000137. The summed E-state index contributed by atoms with van der Waals surface area (Å²) in [7, 11) is 0. The van der Waals surface area contributed by atoms with Gasteiger partial charge in [-0.1, -0.05) is 186 Å². The quantitative estimate of drug-likeness (QED) is 0.0442. The van der Waals surface area contributed by atoms with Crippen molar-refractivity contribution in [3.05, 3.63) is 46.6 Å². The van der Waals surface area contributed by atoms with Crippen molar-refractivity contribution in [3.63, 3.8) is 0 Å². The number of aliphatic hydroxyl groups is 8. The van der Waals surface area contributed by atoms with Gasteiger partial charge < -0.3 is 40.9 Å². The van der Waals surface area contributed by atoms with Crippen molar-refractivity contribution in [2.75, 3.05) is 36.3 Å². The molecule has 0 aromatic rings. The molecule has 0 radical (unpaired) electrons. The fraction of sp³-hybridized carbons (Fsp3) is 0.900. The van der Waals surface area contributed by atoms with E-state index >= 15 is 0 Å². The summed E-state index contributed by atoms with van der Waals surface area (Å²) in [5.41, 5.74) is 7.02. The summed E-state index contributed by atoms with van der Waals surface area (Å²) >= 11 is 9.44. The van der Waals surface area contributed by atoms with Gasteiger partial charge in [-0.25, -0.2) is 0 Å². The molecule has 8 nitrogen and oxygen atoms in total. The Morgan fingerprint density at radius 1 is 0.407 bits per heavy atom. The fourth-order valence-corrected chi connectivity index (χ4v) is 23.8. The van der Waals surface area contributed by atoms with Crippen LogP contribution in [0.2, 0.25) is 0 Å². The van der Waals surface area contributed by atoms with Crippen molar-refractivity contribution in [1.82, 2.24) is 0 Å². The Morgan fingerprint density at radius 3 is 0.945 bits per heavy atom. The first kappa shape index (κ1) is 76.6. The highest BCUT2D eigenvalue weighted by Crippen LogP contribution is 2.67. The highest BCUT2D eigenvalue weighted by molar-refractivity contribution is 9.09. The highest BCUT2D eigenvalue weighted by Gasteiger charge is 2.66. The predicted molar refractivity (Wildman–Crippen MR) is 388 cm³/mol. The molecule has 8 N–H and O–H groups in total. The molecule has 0 heterocycles. The van der Waals surface area contributed by atoms with Gasteiger partial charge in [-0.3, -0.25) is 0 Å². The van der Waals surface area contributed by atoms with Gasteiger partial charge in [-0.2, -0.15) is 24.4 Å². The monoisotopic (exact) mass is 1370 g/mol. The van der Waals surface area contributed by atoms with E-state index in [1.165, 1.54) is 81.8 Å². The summed E-state index contributed by atoms with van der Waals surface area (Å²) in [6.07, 6.45) is 35.6. The van der Waals surface area contributed by atoms with Gasteiger partial charge >= 0.3 is 0 Å². The number of thiol groups is 1. The number of hydrogen-bond donors (Lipinski definition) is 9. The summed E-state index contributed by atoms with van der Waals surface area (Å²) in [5.74, 6) is 11.5. The SMILES string of the molecule is CC1(C)C2CC(O)[C@@](O)(CCS)C1C2.CC1(C)C2CC=C(CCBr)C1C2.CC1(C)C2CC=C(CCO)C1C2.CC1(C)C2CC=C(CCO)C1C2.CCCC1=CCC2CC1C2(C)C.CCC[C@]1(O)C(O)CC2CC1C2(C)C.CSCC[C@]1(O)C(O)CC2CC1C2(C)C. The Bertz CT molecular complexity index is 2320. The van der Waals surface area contributed by atoms with E-state index in [2.05, 4.69) is 164 Å². The molecule has 21 rings (SSSR count). The molecule has 0 saturated heterocycles. The van der Waals surface area contributed by atoms with E-state index in [0.29, 0.717) is 76.6 Å². The average Bonchev–Trinajstić information content (AvgIpc) is 0.717. The van der Waals surface area contributed by atoms with E-state index in [-0.39, 0.29) is 22.2 Å². The van der Waals surface area contributed by atoms with Crippen molar-refractivity contribution in [1.29, 1.82) is 0 Å². The number of halogens is 1. The molecule has 21 aliphatic rings. The van der Waals surface area contributed by atoms with Gasteiger partial charge in [0.1, 0.15) is 0 Å². The van der Waals surface area contributed by atoms with Crippen molar-refractivity contribution < 1.29 is 40.9 Å². The number of alkyl halides is 1. The molecule has 11 heteroatoms. The molecule has 0 aliphatic heterocycles. The minimum Gasteiger partial charge on any atom is -0.396 e. The number of aliphatic hydroxyl groups excluding tert-OH is 5. The van der Waals surface area contributed by atoms with Crippen LogP contribution < -0.4 is 0 Å². The van der Waals surface area contributed by atoms with Crippen LogP contribution in [0.15, 0.2) is 46.6 Å². The average molecular weight is 1370 g/mol. The number of fused-ring (bicyclic) bond motifs is 10. The van der Waals surface area contributed by atoms with Crippen LogP contribution >= 0.6 is 40.3 Å². The maximum absolute atomic E-state index is 10.6. The van der Waals surface area contributed by atoms with E-state index in [1.54, 1.807) is 22.9 Å². The maximum atomic E-state index is 10.6. The smallest absolute Gasteiger partial charge is 0.0946 e.